The van der Waals surface area contributed by atoms with Crippen molar-refractivity contribution in [1.29, 1.82) is 0 Å². The number of nitrogens with two attached hydrogens (primary N) is 1. The molecule has 0 saturated heterocycles. The van der Waals surface area contributed by atoms with E-state index in [9.17, 15) is 13.9 Å². The quantitative estimate of drug-likeness (QED) is 0.882. The standard InChI is InChI=1S/C15H15F2NO2/c16-12-6-7-13(17)14(8-12)20-10-15(19,9-18)11-4-2-1-3-5-11/h1-8,19H,9-10,18H2. The summed E-state index contributed by atoms with van der Waals surface area (Å²) in [6.45, 7) is -0.373. The highest BCUT2D eigenvalue weighted by atomic mass is 19.1. The first-order valence-corrected chi connectivity index (χ1v) is 6.11. The number of hydrogen-bond donors (Lipinski definition) is 2. The van der Waals surface area contributed by atoms with Crippen molar-refractivity contribution >= 4 is 0 Å². The predicted octanol–water partition coefficient (Wildman–Crippen LogP) is 2.19. The molecule has 2 aromatic carbocycles. The maximum absolute atomic E-state index is 13.4. The van der Waals surface area contributed by atoms with Gasteiger partial charge in [-0.15, -0.1) is 0 Å². The molecular formula is C15H15F2NO2. The Hall–Kier alpha value is -1.98. The molecule has 0 aliphatic heterocycles. The number of rotatable bonds is 5. The maximum Gasteiger partial charge on any atom is 0.165 e. The zero-order valence-corrected chi connectivity index (χ0v) is 10.7. The van der Waals surface area contributed by atoms with E-state index >= 15 is 0 Å². The molecule has 106 valence electrons. The Morgan fingerprint density at radius 1 is 1.10 bits per heavy atom. The lowest BCUT2D eigenvalue weighted by molar-refractivity contribution is -0.00263. The van der Waals surface area contributed by atoms with Crippen molar-refractivity contribution in [3.8, 4) is 5.75 Å². The molecule has 1 atom stereocenters. The van der Waals surface area contributed by atoms with E-state index in [1.54, 1.807) is 30.3 Å². The largest absolute Gasteiger partial charge is 0.487 e. The highest BCUT2D eigenvalue weighted by molar-refractivity contribution is 5.27. The molecule has 20 heavy (non-hydrogen) atoms. The van der Waals surface area contributed by atoms with Crippen LogP contribution in [0.15, 0.2) is 48.5 Å². The second-order valence-corrected chi connectivity index (χ2v) is 4.47. The molecule has 0 fully saturated rings. The maximum atomic E-state index is 13.4. The molecular weight excluding hydrogens is 264 g/mol. The summed E-state index contributed by atoms with van der Waals surface area (Å²) in [7, 11) is 0. The van der Waals surface area contributed by atoms with Crippen LogP contribution in [0, 0.1) is 11.6 Å². The third kappa shape index (κ3) is 3.12. The van der Waals surface area contributed by atoms with Crippen LogP contribution in [0.25, 0.3) is 0 Å². The minimum absolute atomic E-state index is 0.103. The molecule has 0 spiro atoms. The summed E-state index contributed by atoms with van der Waals surface area (Å²) < 4.78 is 31.7. The molecule has 0 aliphatic carbocycles. The van der Waals surface area contributed by atoms with E-state index in [0.717, 1.165) is 18.2 Å². The fourth-order valence-electron chi connectivity index (χ4n) is 1.79. The summed E-state index contributed by atoms with van der Waals surface area (Å²) in [5, 5.41) is 10.4. The lowest BCUT2D eigenvalue weighted by atomic mass is 9.95. The molecule has 0 amide bonds. The van der Waals surface area contributed by atoms with E-state index in [2.05, 4.69) is 0 Å². The first kappa shape index (κ1) is 14.4. The van der Waals surface area contributed by atoms with Crippen LogP contribution in [0.3, 0.4) is 0 Å². The van der Waals surface area contributed by atoms with Crippen molar-refractivity contribution in [2.45, 2.75) is 5.60 Å². The summed E-state index contributed by atoms with van der Waals surface area (Å²) >= 11 is 0. The zero-order chi connectivity index (χ0) is 14.6. The van der Waals surface area contributed by atoms with Gasteiger partial charge in [0.1, 0.15) is 18.0 Å². The minimum atomic E-state index is -1.46. The van der Waals surface area contributed by atoms with Gasteiger partial charge in [0, 0.05) is 12.6 Å². The monoisotopic (exact) mass is 279 g/mol. The summed E-state index contributed by atoms with van der Waals surface area (Å²) in [5.41, 5.74) is 4.67. The lowest BCUT2D eigenvalue weighted by Crippen LogP contribution is -2.40. The third-order valence-electron chi connectivity index (χ3n) is 3.01. The Kier molecular flexibility index (Phi) is 4.32. The summed E-state index contributed by atoms with van der Waals surface area (Å²) in [4.78, 5) is 0. The number of benzene rings is 2. The first-order chi connectivity index (χ1) is 9.55. The number of hydrogen-bond acceptors (Lipinski definition) is 3. The second kappa shape index (κ2) is 5.98. The van der Waals surface area contributed by atoms with Crippen molar-refractivity contribution in [1.82, 2.24) is 0 Å². The molecule has 3 nitrogen and oxygen atoms in total. The van der Waals surface area contributed by atoms with Crippen LogP contribution in [0.4, 0.5) is 8.78 Å². The van der Waals surface area contributed by atoms with Gasteiger partial charge in [-0.3, -0.25) is 0 Å². The van der Waals surface area contributed by atoms with Gasteiger partial charge in [0.15, 0.2) is 11.6 Å². The van der Waals surface area contributed by atoms with Gasteiger partial charge in [0.25, 0.3) is 0 Å². The van der Waals surface area contributed by atoms with Crippen molar-refractivity contribution in [2.24, 2.45) is 5.73 Å². The van der Waals surface area contributed by atoms with Gasteiger partial charge in [-0.1, -0.05) is 30.3 Å². The number of aliphatic hydroxyl groups is 1. The fraction of sp³-hybridized carbons (Fsp3) is 0.200. The van der Waals surface area contributed by atoms with E-state index in [1.165, 1.54) is 0 Å². The SMILES string of the molecule is NCC(O)(COc1cc(F)ccc1F)c1ccccc1. The molecule has 0 saturated carbocycles. The molecule has 5 heteroatoms. The summed E-state index contributed by atoms with van der Waals surface area (Å²) in [6.07, 6.45) is 0. The molecule has 1 unspecified atom stereocenters. The van der Waals surface area contributed by atoms with Crippen LogP contribution in [0.2, 0.25) is 0 Å². The van der Waals surface area contributed by atoms with Crippen molar-refractivity contribution < 1.29 is 18.6 Å². The second-order valence-electron chi connectivity index (χ2n) is 4.47. The van der Waals surface area contributed by atoms with Crippen LogP contribution in [-0.4, -0.2) is 18.3 Å². The highest BCUT2D eigenvalue weighted by Crippen LogP contribution is 2.24. The highest BCUT2D eigenvalue weighted by Gasteiger charge is 2.29. The molecule has 0 radical (unpaired) electrons. The minimum Gasteiger partial charge on any atom is -0.487 e. The molecule has 0 bridgehead atoms. The van der Waals surface area contributed by atoms with Crippen LogP contribution in [0.1, 0.15) is 5.56 Å². The molecule has 0 aliphatic rings. The normalized spacial score (nSPS) is 13.8. The Labute approximate surface area is 115 Å². The molecule has 0 heterocycles. The Balaban J connectivity index is 2.17. The van der Waals surface area contributed by atoms with Crippen molar-refractivity contribution in [3.05, 3.63) is 65.7 Å². The summed E-state index contributed by atoms with van der Waals surface area (Å²) in [6, 6.07) is 11.6. The van der Waals surface area contributed by atoms with E-state index in [4.69, 9.17) is 10.5 Å². The average molecular weight is 279 g/mol. The third-order valence-corrected chi connectivity index (χ3v) is 3.01. The number of halogens is 2. The van der Waals surface area contributed by atoms with Crippen LogP contribution in [0.5, 0.6) is 5.75 Å². The van der Waals surface area contributed by atoms with Crippen molar-refractivity contribution in [2.75, 3.05) is 13.2 Å². The zero-order valence-electron chi connectivity index (χ0n) is 10.7. The van der Waals surface area contributed by atoms with Crippen LogP contribution < -0.4 is 10.5 Å². The summed E-state index contributed by atoms with van der Waals surface area (Å²) in [5.74, 6) is -1.57. The van der Waals surface area contributed by atoms with Gasteiger partial charge in [0.05, 0.1) is 0 Å². The van der Waals surface area contributed by atoms with Crippen LogP contribution >= 0.6 is 0 Å². The Morgan fingerprint density at radius 3 is 2.45 bits per heavy atom. The van der Waals surface area contributed by atoms with Gasteiger partial charge in [-0.05, 0) is 17.7 Å². The van der Waals surface area contributed by atoms with E-state index in [-0.39, 0.29) is 18.9 Å². The van der Waals surface area contributed by atoms with Crippen LogP contribution in [-0.2, 0) is 5.60 Å². The topological polar surface area (TPSA) is 55.5 Å². The molecule has 2 aromatic rings. The van der Waals surface area contributed by atoms with E-state index < -0.39 is 17.2 Å². The van der Waals surface area contributed by atoms with E-state index in [0.29, 0.717) is 5.56 Å². The smallest absolute Gasteiger partial charge is 0.165 e. The average Bonchev–Trinajstić information content (AvgIpc) is 2.49. The van der Waals surface area contributed by atoms with Gasteiger partial charge >= 0.3 is 0 Å². The lowest BCUT2D eigenvalue weighted by Gasteiger charge is -2.27. The molecule has 0 aromatic heterocycles. The van der Waals surface area contributed by atoms with Gasteiger partial charge in [-0.25, -0.2) is 8.78 Å². The Bertz CT molecular complexity index is 577. The van der Waals surface area contributed by atoms with Gasteiger partial charge in [-0.2, -0.15) is 0 Å². The Morgan fingerprint density at radius 2 is 1.80 bits per heavy atom. The molecule has 2 rings (SSSR count). The van der Waals surface area contributed by atoms with Gasteiger partial charge < -0.3 is 15.6 Å². The van der Waals surface area contributed by atoms with Gasteiger partial charge in [0.2, 0.25) is 0 Å². The first-order valence-electron chi connectivity index (χ1n) is 6.11. The number of ether oxygens (including phenoxy) is 1. The fourth-order valence-corrected chi connectivity index (χ4v) is 1.79. The van der Waals surface area contributed by atoms with E-state index in [1.807, 2.05) is 0 Å². The predicted molar refractivity (Wildman–Crippen MR) is 71.2 cm³/mol. The molecule has 3 N–H and O–H groups in total. The van der Waals surface area contributed by atoms with Crippen molar-refractivity contribution in [3.63, 3.8) is 0 Å².